The number of rotatable bonds is 9. The molecule has 0 atom stereocenters. The summed E-state index contributed by atoms with van der Waals surface area (Å²) >= 11 is 1.39. The number of anilines is 2. The summed E-state index contributed by atoms with van der Waals surface area (Å²) in [5.41, 5.74) is 3.80. The third kappa shape index (κ3) is 5.77. The molecule has 2 aromatic carbocycles. The predicted octanol–water partition coefficient (Wildman–Crippen LogP) is 3.92. The number of carbonyl (C=O) groups excluding carboxylic acids is 2. The first-order valence-corrected chi connectivity index (χ1v) is 12.3. The quantitative estimate of drug-likeness (QED) is 0.470. The fourth-order valence-corrected chi connectivity index (χ4v) is 4.55. The SMILES string of the molecule is CC(=O)Nc1cccc(-n2c(SCC(=O)N(C)Cc3ccc(N(C)C)cc3)nnc2C2CC2)c1. The molecule has 2 amide bonds. The van der Waals surface area contributed by atoms with Gasteiger partial charge >= 0.3 is 0 Å². The lowest BCUT2D eigenvalue weighted by atomic mass is 10.2. The minimum absolute atomic E-state index is 0.0243. The third-order valence-corrected chi connectivity index (χ3v) is 6.56. The molecular formula is C25H30N6O2S. The number of hydrogen-bond acceptors (Lipinski definition) is 6. The number of nitrogens with zero attached hydrogens (tertiary/aromatic N) is 5. The zero-order valence-corrected chi connectivity index (χ0v) is 20.8. The smallest absolute Gasteiger partial charge is 0.233 e. The molecule has 0 unspecified atom stereocenters. The second-order valence-electron chi connectivity index (χ2n) is 8.78. The van der Waals surface area contributed by atoms with Crippen molar-refractivity contribution >= 4 is 35.0 Å². The zero-order valence-electron chi connectivity index (χ0n) is 20.0. The van der Waals surface area contributed by atoms with Crippen molar-refractivity contribution in [3.05, 3.63) is 59.9 Å². The van der Waals surface area contributed by atoms with Gasteiger partial charge in [0.15, 0.2) is 5.16 Å². The van der Waals surface area contributed by atoms with Gasteiger partial charge in [0.05, 0.1) is 11.4 Å². The molecule has 0 radical (unpaired) electrons. The summed E-state index contributed by atoms with van der Waals surface area (Å²) in [7, 11) is 5.83. The van der Waals surface area contributed by atoms with Crippen LogP contribution in [0.5, 0.6) is 0 Å². The van der Waals surface area contributed by atoms with Crippen LogP contribution < -0.4 is 10.2 Å². The summed E-state index contributed by atoms with van der Waals surface area (Å²) in [6.45, 7) is 2.03. The Morgan fingerprint density at radius 3 is 2.47 bits per heavy atom. The Bertz CT molecular complexity index is 1170. The van der Waals surface area contributed by atoms with Crippen LogP contribution in [0.15, 0.2) is 53.7 Å². The zero-order chi connectivity index (χ0) is 24.2. The minimum atomic E-state index is -0.122. The summed E-state index contributed by atoms with van der Waals surface area (Å²) in [6.07, 6.45) is 2.17. The van der Waals surface area contributed by atoms with Crippen molar-refractivity contribution in [1.82, 2.24) is 19.7 Å². The Balaban J connectivity index is 1.46. The molecule has 1 fully saturated rings. The molecule has 1 aliphatic carbocycles. The van der Waals surface area contributed by atoms with Crippen LogP contribution in [0, 0.1) is 0 Å². The van der Waals surface area contributed by atoms with E-state index < -0.39 is 0 Å². The fourth-order valence-electron chi connectivity index (χ4n) is 3.65. The van der Waals surface area contributed by atoms with E-state index in [0.29, 0.717) is 23.3 Å². The van der Waals surface area contributed by atoms with Gasteiger partial charge in [-0.1, -0.05) is 30.0 Å². The van der Waals surface area contributed by atoms with Crippen molar-refractivity contribution in [1.29, 1.82) is 0 Å². The standard InChI is InChI=1S/C25H30N6O2S/c1-17(32)26-20-6-5-7-22(14-20)31-24(19-10-11-19)27-28-25(31)34-16-23(33)30(4)15-18-8-12-21(13-9-18)29(2)3/h5-9,12-14,19H,10-11,15-16H2,1-4H3,(H,26,32). The van der Waals surface area contributed by atoms with E-state index >= 15 is 0 Å². The first kappa shape index (κ1) is 23.8. The first-order chi connectivity index (χ1) is 16.3. The molecule has 3 aromatic rings. The maximum Gasteiger partial charge on any atom is 0.233 e. The average Bonchev–Trinajstić information content (AvgIpc) is 3.56. The molecule has 1 saturated carbocycles. The van der Waals surface area contributed by atoms with Gasteiger partial charge in [0.25, 0.3) is 0 Å². The topological polar surface area (TPSA) is 83.4 Å². The number of carbonyl (C=O) groups is 2. The fraction of sp³-hybridized carbons (Fsp3) is 0.360. The molecule has 0 spiro atoms. The number of hydrogen-bond donors (Lipinski definition) is 1. The number of aromatic nitrogens is 3. The highest BCUT2D eigenvalue weighted by Gasteiger charge is 2.31. The summed E-state index contributed by atoms with van der Waals surface area (Å²) in [4.78, 5) is 28.1. The van der Waals surface area contributed by atoms with Gasteiger partial charge in [-0.15, -0.1) is 10.2 Å². The van der Waals surface area contributed by atoms with Crippen molar-refractivity contribution in [2.45, 2.75) is 37.4 Å². The van der Waals surface area contributed by atoms with E-state index in [9.17, 15) is 9.59 Å². The summed E-state index contributed by atoms with van der Waals surface area (Å²) < 4.78 is 2.01. The van der Waals surface area contributed by atoms with Crippen LogP contribution in [0.2, 0.25) is 0 Å². The largest absolute Gasteiger partial charge is 0.378 e. The maximum absolute atomic E-state index is 12.9. The normalized spacial score (nSPS) is 12.9. The number of nitrogens with one attached hydrogen (secondary N) is 1. The summed E-state index contributed by atoms with van der Waals surface area (Å²) in [5.74, 6) is 1.46. The number of thioether (sulfide) groups is 1. The number of amides is 2. The molecule has 0 bridgehead atoms. The van der Waals surface area contributed by atoms with Crippen LogP contribution in [0.3, 0.4) is 0 Å². The van der Waals surface area contributed by atoms with Gasteiger partial charge in [-0.25, -0.2) is 0 Å². The van der Waals surface area contributed by atoms with Crippen LogP contribution in [0.25, 0.3) is 5.69 Å². The Morgan fingerprint density at radius 2 is 1.82 bits per heavy atom. The van der Waals surface area contributed by atoms with Crippen molar-refractivity contribution < 1.29 is 9.59 Å². The molecule has 34 heavy (non-hydrogen) atoms. The van der Waals surface area contributed by atoms with E-state index in [2.05, 4.69) is 27.6 Å². The predicted molar refractivity (Wildman–Crippen MR) is 136 cm³/mol. The molecule has 4 rings (SSSR count). The molecule has 1 heterocycles. The van der Waals surface area contributed by atoms with Gasteiger partial charge < -0.3 is 15.1 Å². The second kappa shape index (κ2) is 10.3. The van der Waals surface area contributed by atoms with E-state index in [1.807, 2.05) is 67.0 Å². The lowest BCUT2D eigenvalue weighted by Gasteiger charge is -2.18. The van der Waals surface area contributed by atoms with Gasteiger partial charge in [-0.3, -0.25) is 14.2 Å². The first-order valence-electron chi connectivity index (χ1n) is 11.3. The van der Waals surface area contributed by atoms with Crippen LogP contribution in [0.4, 0.5) is 11.4 Å². The molecule has 178 valence electrons. The Morgan fingerprint density at radius 1 is 1.09 bits per heavy atom. The van der Waals surface area contributed by atoms with Gasteiger partial charge in [0, 0.05) is 51.9 Å². The monoisotopic (exact) mass is 478 g/mol. The molecule has 9 heteroatoms. The Labute approximate surface area is 204 Å². The average molecular weight is 479 g/mol. The van der Waals surface area contributed by atoms with Gasteiger partial charge in [-0.2, -0.15) is 0 Å². The Kier molecular flexibility index (Phi) is 7.21. The highest BCUT2D eigenvalue weighted by molar-refractivity contribution is 7.99. The summed E-state index contributed by atoms with van der Waals surface area (Å²) in [5, 5.41) is 12.3. The van der Waals surface area contributed by atoms with E-state index in [1.54, 1.807) is 4.90 Å². The van der Waals surface area contributed by atoms with Crippen LogP contribution in [-0.2, 0) is 16.1 Å². The van der Waals surface area contributed by atoms with Crippen molar-refractivity contribution in [2.75, 3.05) is 37.1 Å². The van der Waals surface area contributed by atoms with Crippen LogP contribution >= 0.6 is 11.8 Å². The van der Waals surface area contributed by atoms with Crippen LogP contribution in [0.1, 0.15) is 37.1 Å². The van der Waals surface area contributed by atoms with Gasteiger partial charge in [-0.05, 0) is 48.7 Å². The van der Waals surface area contributed by atoms with Crippen molar-refractivity contribution in [3.63, 3.8) is 0 Å². The molecular weight excluding hydrogens is 448 g/mol. The van der Waals surface area contributed by atoms with Crippen LogP contribution in [-0.4, -0.2) is 58.4 Å². The highest BCUT2D eigenvalue weighted by Crippen LogP contribution is 2.41. The molecule has 8 nitrogen and oxygen atoms in total. The molecule has 0 aliphatic heterocycles. The van der Waals surface area contributed by atoms with Gasteiger partial charge in [0.2, 0.25) is 11.8 Å². The molecule has 0 saturated heterocycles. The summed E-state index contributed by atoms with van der Waals surface area (Å²) in [6, 6.07) is 15.8. The number of benzene rings is 2. The minimum Gasteiger partial charge on any atom is -0.378 e. The Hall–Kier alpha value is -3.33. The third-order valence-electron chi connectivity index (χ3n) is 5.65. The van der Waals surface area contributed by atoms with E-state index in [4.69, 9.17) is 0 Å². The second-order valence-corrected chi connectivity index (χ2v) is 9.72. The molecule has 1 aliphatic rings. The van der Waals surface area contributed by atoms with Crippen molar-refractivity contribution in [2.24, 2.45) is 0 Å². The molecule has 1 aromatic heterocycles. The lowest BCUT2D eigenvalue weighted by molar-refractivity contribution is -0.127. The van der Waals surface area contributed by atoms with Crippen molar-refractivity contribution in [3.8, 4) is 5.69 Å². The van der Waals surface area contributed by atoms with E-state index in [0.717, 1.165) is 35.6 Å². The lowest BCUT2D eigenvalue weighted by Crippen LogP contribution is -2.28. The van der Waals surface area contributed by atoms with E-state index in [1.165, 1.54) is 18.7 Å². The molecule has 1 N–H and O–H groups in total. The maximum atomic E-state index is 12.9. The van der Waals surface area contributed by atoms with Gasteiger partial charge in [0.1, 0.15) is 5.82 Å². The highest BCUT2D eigenvalue weighted by atomic mass is 32.2. The van der Waals surface area contributed by atoms with E-state index in [-0.39, 0.29) is 17.6 Å².